The van der Waals surface area contributed by atoms with Crippen molar-refractivity contribution in [3.8, 4) is 17.6 Å². The lowest BCUT2D eigenvalue weighted by Gasteiger charge is -2.22. The summed E-state index contributed by atoms with van der Waals surface area (Å²) >= 11 is 0. The first kappa shape index (κ1) is 26.7. The van der Waals surface area contributed by atoms with Gasteiger partial charge in [0.05, 0.1) is 38.1 Å². The van der Waals surface area contributed by atoms with Crippen LogP contribution in [0.1, 0.15) is 17.5 Å². The summed E-state index contributed by atoms with van der Waals surface area (Å²) in [6.07, 6.45) is 3.20. The van der Waals surface area contributed by atoms with Crippen LogP contribution in [0.25, 0.3) is 6.08 Å². The summed E-state index contributed by atoms with van der Waals surface area (Å²) in [7, 11) is -1.31. The molecule has 3 aromatic rings. The van der Waals surface area contributed by atoms with Gasteiger partial charge >= 0.3 is 0 Å². The maximum absolute atomic E-state index is 14.4. The second kappa shape index (κ2) is 11.4. The molecule has 4 rings (SSSR count). The van der Waals surface area contributed by atoms with E-state index in [0.717, 1.165) is 10.5 Å². The van der Waals surface area contributed by atoms with Crippen LogP contribution in [0.3, 0.4) is 0 Å². The molecule has 3 aromatic carbocycles. The molecule has 38 heavy (non-hydrogen) atoms. The summed E-state index contributed by atoms with van der Waals surface area (Å²) in [5.74, 6) is -0.957. The predicted octanol–water partition coefficient (Wildman–Crippen LogP) is 4.55. The second-order valence-corrected chi connectivity index (χ2v) is 10.2. The van der Waals surface area contributed by atoms with Crippen LogP contribution < -0.4 is 18.7 Å². The average Bonchev–Trinajstić information content (AvgIpc) is 3.37. The Kier molecular flexibility index (Phi) is 7.98. The standard InChI is InChI=1S/C28H26FN3O5S/c1-36-25-18-20(12-13-27(33)31(16-7-15-30)24-11-6-4-9-22(24)29)19-26(28(25)37-2)38(34,35)32-17-14-21-8-3-5-10-23(21)32/h3-6,8-13,18-19H,7,14,16-17H2,1-2H3. The van der Waals surface area contributed by atoms with Crippen molar-refractivity contribution in [1.29, 1.82) is 5.26 Å². The number of carbonyl (C=O) groups excluding carboxylic acids is 1. The number of hydrogen-bond donors (Lipinski definition) is 0. The van der Waals surface area contributed by atoms with E-state index in [2.05, 4.69) is 0 Å². The number of hydrogen-bond acceptors (Lipinski definition) is 6. The number of para-hydroxylation sites is 2. The van der Waals surface area contributed by atoms with Crippen LogP contribution in [-0.2, 0) is 21.2 Å². The quantitative estimate of drug-likeness (QED) is 0.373. The van der Waals surface area contributed by atoms with Gasteiger partial charge < -0.3 is 14.4 Å². The maximum atomic E-state index is 14.4. The summed E-state index contributed by atoms with van der Waals surface area (Å²) < 4.78 is 54.2. The highest BCUT2D eigenvalue weighted by Crippen LogP contribution is 2.40. The van der Waals surface area contributed by atoms with Crippen molar-refractivity contribution in [1.82, 2.24) is 0 Å². The van der Waals surface area contributed by atoms with E-state index in [1.807, 2.05) is 18.2 Å². The van der Waals surface area contributed by atoms with Gasteiger partial charge in [0, 0.05) is 19.2 Å². The van der Waals surface area contributed by atoms with Crippen molar-refractivity contribution >= 4 is 33.4 Å². The molecule has 0 spiro atoms. The van der Waals surface area contributed by atoms with E-state index in [-0.39, 0.29) is 41.6 Å². The normalized spacial score (nSPS) is 12.7. The van der Waals surface area contributed by atoms with Crippen LogP contribution in [0.5, 0.6) is 11.5 Å². The zero-order chi connectivity index (χ0) is 27.3. The van der Waals surface area contributed by atoms with Crippen LogP contribution in [0.4, 0.5) is 15.8 Å². The number of carbonyl (C=O) groups is 1. The molecule has 1 aliphatic rings. The lowest BCUT2D eigenvalue weighted by atomic mass is 10.1. The van der Waals surface area contributed by atoms with Crippen molar-refractivity contribution in [2.45, 2.75) is 17.7 Å². The SMILES string of the molecule is COc1cc(C=CC(=O)N(CCC#N)c2ccccc2F)cc(S(=O)(=O)N2CCc3ccccc32)c1OC. The number of anilines is 2. The van der Waals surface area contributed by atoms with Crippen LogP contribution in [0, 0.1) is 17.1 Å². The summed E-state index contributed by atoms with van der Waals surface area (Å²) in [6, 6.07) is 18.0. The number of ether oxygens (including phenoxy) is 2. The van der Waals surface area contributed by atoms with E-state index >= 15 is 0 Å². The topological polar surface area (TPSA) is 99.9 Å². The molecule has 0 aliphatic carbocycles. The first-order valence-corrected chi connectivity index (χ1v) is 13.2. The van der Waals surface area contributed by atoms with Crippen molar-refractivity contribution in [2.24, 2.45) is 0 Å². The summed E-state index contributed by atoms with van der Waals surface area (Å²) in [6.45, 7) is 0.267. The Morgan fingerprint density at radius 2 is 1.87 bits per heavy atom. The smallest absolute Gasteiger partial charge is 0.268 e. The average molecular weight is 536 g/mol. The molecule has 0 fully saturated rings. The summed E-state index contributed by atoms with van der Waals surface area (Å²) in [5.41, 5.74) is 1.92. The molecule has 0 aromatic heterocycles. The van der Waals surface area contributed by atoms with E-state index in [1.54, 1.807) is 24.3 Å². The second-order valence-electron chi connectivity index (χ2n) is 8.39. The van der Waals surface area contributed by atoms with E-state index in [9.17, 15) is 17.6 Å². The minimum atomic E-state index is -4.05. The van der Waals surface area contributed by atoms with Crippen LogP contribution in [-0.4, -0.2) is 41.6 Å². The maximum Gasteiger partial charge on any atom is 0.268 e. The van der Waals surface area contributed by atoms with Gasteiger partial charge in [-0.1, -0.05) is 30.3 Å². The minimum Gasteiger partial charge on any atom is -0.493 e. The molecular weight excluding hydrogens is 509 g/mol. The third-order valence-electron chi connectivity index (χ3n) is 6.15. The summed E-state index contributed by atoms with van der Waals surface area (Å²) in [4.78, 5) is 14.1. The molecule has 0 unspecified atom stereocenters. The first-order valence-electron chi connectivity index (χ1n) is 11.8. The molecule has 1 heterocycles. The van der Waals surface area contributed by atoms with Gasteiger partial charge in [0.2, 0.25) is 0 Å². The van der Waals surface area contributed by atoms with Gasteiger partial charge in [0.1, 0.15) is 10.7 Å². The van der Waals surface area contributed by atoms with Gasteiger partial charge in [-0.05, 0) is 54.0 Å². The monoisotopic (exact) mass is 535 g/mol. The fraction of sp³-hybridized carbons (Fsp3) is 0.214. The highest BCUT2D eigenvalue weighted by Gasteiger charge is 2.34. The Morgan fingerprint density at radius 3 is 2.58 bits per heavy atom. The predicted molar refractivity (Wildman–Crippen MR) is 142 cm³/mol. The van der Waals surface area contributed by atoms with Crippen molar-refractivity contribution in [2.75, 3.05) is 36.5 Å². The van der Waals surface area contributed by atoms with Crippen LogP contribution in [0.15, 0.2) is 71.6 Å². The van der Waals surface area contributed by atoms with E-state index < -0.39 is 21.7 Å². The van der Waals surface area contributed by atoms with Gasteiger partial charge in [0.25, 0.3) is 15.9 Å². The molecule has 8 nitrogen and oxygen atoms in total. The number of fused-ring (bicyclic) bond motifs is 1. The Balaban J connectivity index is 1.73. The first-order chi connectivity index (χ1) is 18.3. The Bertz CT molecular complexity index is 1530. The Hall–Kier alpha value is -4.36. The summed E-state index contributed by atoms with van der Waals surface area (Å²) in [5, 5.41) is 9.00. The fourth-order valence-electron chi connectivity index (χ4n) is 4.35. The van der Waals surface area contributed by atoms with E-state index in [0.29, 0.717) is 17.7 Å². The molecule has 0 saturated carbocycles. The van der Waals surface area contributed by atoms with Gasteiger partial charge in [-0.3, -0.25) is 9.10 Å². The zero-order valence-electron chi connectivity index (χ0n) is 20.9. The zero-order valence-corrected chi connectivity index (χ0v) is 21.7. The van der Waals surface area contributed by atoms with Crippen molar-refractivity contribution < 1.29 is 27.1 Å². The Labute approximate surface area is 221 Å². The van der Waals surface area contributed by atoms with Crippen molar-refractivity contribution in [3.63, 3.8) is 0 Å². The molecule has 0 bridgehead atoms. The number of sulfonamides is 1. The molecule has 0 atom stereocenters. The third kappa shape index (κ3) is 5.19. The lowest BCUT2D eigenvalue weighted by Crippen LogP contribution is -2.31. The van der Waals surface area contributed by atoms with Gasteiger partial charge in [-0.15, -0.1) is 0 Å². The molecule has 0 saturated heterocycles. The number of amides is 1. The molecule has 0 N–H and O–H groups in total. The van der Waals surface area contributed by atoms with Gasteiger partial charge in [-0.25, -0.2) is 12.8 Å². The number of nitrogens with zero attached hydrogens (tertiary/aromatic N) is 3. The molecule has 0 radical (unpaired) electrons. The number of halogens is 1. The van der Waals surface area contributed by atoms with Crippen LogP contribution in [0.2, 0.25) is 0 Å². The van der Waals surface area contributed by atoms with Gasteiger partial charge in [-0.2, -0.15) is 5.26 Å². The van der Waals surface area contributed by atoms with Crippen molar-refractivity contribution in [3.05, 3.63) is 83.7 Å². The van der Waals surface area contributed by atoms with E-state index in [1.165, 1.54) is 54.9 Å². The van der Waals surface area contributed by atoms with E-state index in [4.69, 9.17) is 14.7 Å². The number of rotatable bonds is 9. The van der Waals surface area contributed by atoms with Gasteiger partial charge in [0.15, 0.2) is 11.5 Å². The molecule has 1 aliphatic heterocycles. The van der Waals surface area contributed by atoms with Crippen LogP contribution >= 0.6 is 0 Å². The highest BCUT2D eigenvalue weighted by molar-refractivity contribution is 7.93. The molecular formula is C28H26FN3O5S. The number of benzene rings is 3. The molecule has 10 heteroatoms. The lowest BCUT2D eigenvalue weighted by molar-refractivity contribution is -0.114. The number of nitriles is 1. The third-order valence-corrected chi connectivity index (χ3v) is 7.97. The fourth-order valence-corrected chi connectivity index (χ4v) is 6.06. The minimum absolute atomic E-state index is 0.00394. The molecule has 196 valence electrons. The highest BCUT2D eigenvalue weighted by atomic mass is 32.2. The Morgan fingerprint density at radius 1 is 1.13 bits per heavy atom. The largest absolute Gasteiger partial charge is 0.493 e. The number of methoxy groups -OCH3 is 2. The molecule has 1 amide bonds.